The van der Waals surface area contributed by atoms with Crippen LogP contribution in [0.4, 0.5) is 5.82 Å². The van der Waals surface area contributed by atoms with E-state index in [1.165, 1.54) is 26.5 Å². The van der Waals surface area contributed by atoms with Crippen molar-refractivity contribution in [2.24, 2.45) is 11.8 Å². The first-order valence-corrected chi connectivity index (χ1v) is 11.7. The Bertz CT molecular complexity index is 1080. The molecule has 2 atom stereocenters. The SMILES string of the molecule is O=C1c2ccccc2C(=O)N1C[C@H]1CCC[C@@H]1CNCCNc1nsc2ccccc12. The molecule has 2 aliphatic rings. The maximum atomic E-state index is 12.7. The number of aromatic nitrogens is 1. The van der Waals surface area contributed by atoms with Crippen molar-refractivity contribution in [3.63, 3.8) is 0 Å². The molecule has 3 aromatic rings. The molecule has 5 rings (SSSR count). The van der Waals surface area contributed by atoms with Gasteiger partial charge in [-0.2, -0.15) is 4.37 Å². The Hall–Kier alpha value is -2.77. The van der Waals surface area contributed by atoms with Crippen molar-refractivity contribution < 1.29 is 9.59 Å². The van der Waals surface area contributed by atoms with Crippen LogP contribution >= 0.6 is 11.5 Å². The predicted octanol–water partition coefficient (Wildman–Crippen LogP) is 4.01. The number of hydrogen-bond donors (Lipinski definition) is 2. The van der Waals surface area contributed by atoms with E-state index in [1.807, 2.05) is 24.3 Å². The number of imide groups is 1. The average Bonchev–Trinajstić information content (AvgIpc) is 3.48. The number of hydrogen-bond acceptors (Lipinski definition) is 6. The van der Waals surface area contributed by atoms with Gasteiger partial charge in [-0.15, -0.1) is 0 Å². The highest BCUT2D eigenvalue weighted by Gasteiger charge is 2.38. The summed E-state index contributed by atoms with van der Waals surface area (Å²) in [5.41, 5.74) is 1.08. The molecule has 2 amide bonds. The third-order valence-electron chi connectivity index (χ3n) is 6.49. The van der Waals surface area contributed by atoms with Gasteiger partial charge in [-0.3, -0.25) is 14.5 Å². The van der Waals surface area contributed by atoms with Crippen molar-refractivity contribution >= 4 is 39.3 Å². The van der Waals surface area contributed by atoms with E-state index in [-0.39, 0.29) is 11.8 Å². The summed E-state index contributed by atoms with van der Waals surface area (Å²) in [6.45, 7) is 3.10. The molecule has 1 fully saturated rings. The number of benzene rings is 2. The molecule has 0 radical (unpaired) electrons. The summed E-state index contributed by atoms with van der Waals surface area (Å²) in [5.74, 6) is 1.53. The third-order valence-corrected chi connectivity index (χ3v) is 7.32. The Morgan fingerprint density at radius 2 is 1.65 bits per heavy atom. The molecule has 1 saturated carbocycles. The standard InChI is InChI=1S/C24H26N4O2S/c29-23-18-8-1-2-9-19(18)24(30)28(23)15-17-7-5-6-16(17)14-25-12-13-26-22-20-10-3-4-11-21(20)31-27-22/h1-4,8-11,16-17,25H,5-7,12-15H2,(H,26,27)/t16-,17-/m1/s1. The van der Waals surface area contributed by atoms with Crippen LogP contribution in [-0.4, -0.2) is 47.3 Å². The van der Waals surface area contributed by atoms with Gasteiger partial charge in [0.05, 0.1) is 15.8 Å². The van der Waals surface area contributed by atoms with Gasteiger partial charge in [0, 0.05) is 25.0 Å². The van der Waals surface area contributed by atoms with Crippen molar-refractivity contribution in [2.45, 2.75) is 19.3 Å². The Labute approximate surface area is 185 Å². The van der Waals surface area contributed by atoms with Crippen LogP contribution in [0.1, 0.15) is 40.0 Å². The summed E-state index contributed by atoms with van der Waals surface area (Å²) in [5, 5.41) is 8.15. The zero-order chi connectivity index (χ0) is 21.2. The molecule has 1 aromatic heterocycles. The molecule has 2 N–H and O–H groups in total. The lowest BCUT2D eigenvalue weighted by molar-refractivity contribution is 0.0617. The second kappa shape index (κ2) is 8.77. The fraction of sp³-hybridized carbons (Fsp3) is 0.375. The second-order valence-electron chi connectivity index (χ2n) is 8.38. The predicted molar refractivity (Wildman–Crippen MR) is 124 cm³/mol. The van der Waals surface area contributed by atoms with E-state index in [4.69, 9.17) is 0 Å². The number of nitrogens with one attached hydrogen (secondary N) is 2. The molecule has 2 heterocycles. The zero-order valence-corrected chi connectivity index (χ0v) is 18.2. The van der Waals surface area contributed by atoms with E-state index in [2.05, 4.69) is 27.1 Å². The van der Waals surface area contributed by atoms with Crippen molar-refractivity contribution in [3.05, 3.63) is 59.7 Å². The van der Waals surface area contributed by atoms with Gasteiger partial charge in [-0.05, 0) is 67.0 Å². The van der Waals surface area contributed by atoms with Crippen LogP contribution in [0.15, 0.2) is 48.5 Å². The summed E-state index contributed by atoms with van der Waals surface area (Å²) in [4.78, 5) is 26.8. The molecule has 2 aromatic carbocycles. The Balaban J connectivity index is 1.11. The Morgan fingerprint density at radius 1 is 0.935 bits per heavy atom. The molecule has 1 aliphatic heterocycles. The van der Waals surface area contributed by atoms with E-state index in [1.54, 1.807) is 12.1 Å². The lowest BCUT2D eigenvalue weighted by Gasteiger charge is -2.24. The number of rotatable bonds is 8. The minimum Gasteiger partial charge on any atom is -0.367 e. The van der Waals surface area contributed by atoms with Crippen LogP contribution in [0.5, 0.6) is 0 Å². The summed E-state index contributed by atoms with van der Waals surface area (Å²) in [6, 6.07) is 15.4. The topological polar surface area (TPSA) is 74.3 Å². The lowest BCUT2D eigenvalue weighted by atomic mass is 9.95. The van der Waals surface area contributed by atoms with Gasteiger partial charge in [0.2, 0.25) is 0 Å². The molecule has 1 aliphatic carbocycles. The molecule has 0 saturated heterocycles. The van der Waals surface area contributed by atoms with Crippen molar-refractivity contribution in [1.29, 1.82) is 0 Å². The van der Waals surface area contributed by atoms with Crippen LogP contribution in [0, 0.1) is 11.8 Å². The van der Waals surface area contributed by atoms with E-state index in [0.717, 1.165) is 44.7 Å². The smallest absolute Gasteiger partial charge is 0.261 e. The van der Waals surface area contributed by atoms with Gasteiger partial charge < -0.3 is 10.6 Å². The molecule has 0 bridgehead atoms. The Kier molecular flexibility index (Phi) is 5.70. The van der Waals surface area contributed by atoms with Crippen molar-refractivity contribution in [3.8, 4) is 0 Å². The fourth-order valence-corrected chi connectivity index (χ4v) is 5.59. The minimum atomic E-state index is -0.140. The summed E-state index contributed by atoms with van der Waals surface area (Å²) >= 11 is 1.52. The molecular formula is C24H26N4O2S. The number of anilines is 1. The van der Waals surface area contributed by atoms with Crippen LogP contribution in [0.2, 0.25) is 0 Å². The molecule has 0 spiro atoms. The molecular weight excluding hydrogens is 408 g/mol. The van der Waals surface area contributed by atoms with Gasteiger partial charge in [-0.1, -0.05) is 30.7 Å². The number of nitrogens with zero attached hydrogens (tertiary/aromatic N) is 2. The van der Waals surface area contributed by atoms with Crippen LogP contribution < -0.4 is 10.6 Å². The second-order valence-corrected chi connectivity index (χ2v) is 9.18. The maximum absolute atomic E-state index is 12.7. The fourth-order valence-electron chi connectivity index (χ4n) is 4.83. The van der Waals surface area contributed by atoms with E-state index < -0.39 is 0 Å². The molecule has 160 valence electrons. The van der Waals surface area contributed by atoms with E-state index >= 15 is 0 Å². The first-order chi connectivity index (χ1) is 15.2. The molecule has 0 unspecified atom stereocenters. The number of fused-ring (bicyclic) bond motifs is 2. The lowest BCUT2D eigenvalue weighted by Crippen LogP contribution is -2.38. The normalized spacial score (nSPS) is 20.6. The number of carbonyl (C=O) groups excluding carboxylic acids is 2. The quantitative estimate of drug-likeness (QED) is 0.414. The van der Waals surface area contributed by atoms with Gasteiger partial charge in [0.15, 0.2) is 0 Å². The monoisotopic (exact) mass is 434 g/mol. The van der Waals surface area contributed by atoms with Crippen molar-refractivity contribution in [1.82, 2.24) is 14.6 Å². The molecule has 7 heteroatoms. The maximum Gasteiger partial charge on any atom is 0.261 e. The summed E-state index contributed by atoms with van der Waals surface area (Å²) in [6.07, 6.45) is 3.37. The minimum absolute atomic E-state index is 0.140. The number of amides is 2. The van der Waals surface area contributed by atoms with Gasteiger partial charge in [-0.25, -0.2) is 0 Å². The highest BCUT2D eigenvalue weighted by molar-refractivity contribution is 7.13. The summed E-state index contributed by atoms with van der Waals surface area (Å²) < 4.78 is 5.70. The highest BCUT2D eigenvalue weighted by Crippen LogP contribution is 2.34. The van der Waals surface area contributed by atoms with Gasteiger partial charge >= 0.3 is 0 Å². The summed E-state index contributed by atoms with van der Waals surface area (Å²) in [7, 11) is 0. The highest BCUT2D eigenvalue weighted by atomic mass is 32.1. The van der Waals surface area contributed by atoms with Gasteiger partial charge in [0.1, 0.15) is 5.82 Å². The Morgan fingerprint density at radius 3 is 2.45 bits per heavy atom. The zero-order valence-electron chi connectivity index (χ0n) is 17.3. The van der Waals surface area contributed by atoms with Crippen LogP contribution in [-0.2, 0) is 0 Å². The van der Waals surface area contributed by atoms with Crippen molar-refractivity contribution in [2.75, 3.05) is 31.5 Å². The number of carbonyl (C=O) groups is 2. The largest absolute Gasteiger partial charge is 0.367 e. The molecule has 31 heavy (non-hydrogen) atoms. The first kappa shape index (κ1) is 20.2. The van der Waals surface area contributed by atoms with Crippen LogP contribution in [0.25, 0.3) is 10.1 Å². The van der Waals surface area contributed by atoms with E-state index in [0.29, 0.717) is 29.5 Å². The third kappa shape index (κ3) is 3.95. The average molecular weight is 435 g/mol. The molecule has 6 nitrogen and oxygen atoms in total. The van der Waals surface area contributed by atoms with E-state index in [9.17, 15) is 9.59 Å². The van der Waals surface area contributed by atoms with Crippen LogP contribution in [0.3, 0.4) is 0 Å². The first-order valence-electron chi connectivity index (χ1n) is 11.0. The van der Waals surface area contributed by atoms with Gasteiger partial charge in [0.25, 0.3) is 11.8 Å².